The third-order valence-corrected chi connectivity index (χ3v) is 4.75. The topological polar surface area (TPSA) is 63.4 Å². The number of hydrogen-bond acceptors (Lipinski definition) is 3. The molecule has 1 aliphatic rings. The van der Waals surface area contributed by atoms with Crippen molar-refractivity contribution in [3.05, 3.63) is 33.4 Å². The largest absolute Gasteiger partial charge is 0.382 e. The fourth-order valence-electron chi connectivity index (χ4n) is 3.17. The lowest BCUT2D eigenvalue weighted by Gasteiger charge is -2.23. The molecule has 0 fully saturated rings. The number of methoxy groups -OCH3 is 1. The van der Waals surface area contributed by atoms with Crippen LogP contribution in [0.3, 0.4) is 0 Å². The molecule has 1 aromatic heterocycles. The summed E-state index contributed by atoms with van der Waals surface area (Å²) in [5.74, 6) is -0.103. The highest BCUT2D eigenvalue weighted by Gasteiger charge is 2.25. The number of ether oxygens (including phenoxy) is 2. The van der Waals surface area contributed by atoms with Gasteiger partial charge < -0.3 is 19.8 Å². The number of aromatic amines is 1. The fraction of sp³-hybridized carbons (Fsp3) is 0.471. The molecule has 24 heavy (non-hydrogen) atoms. The first-order chi connectivity index (χ1) is 11.6. The van der Waals surface area contributed by atoms with Crippen LogP contribution in [0.25, 0.3) is 10.9 Å². The Kier molecular flexibility index (Phi) is 5.66. The summed E-state index contributed by atoms with van der Waals surface area (Å²) in [6, 6.07) is 3.73. The molecule has 1 heterocycles. The van der Waals surface area contributed by atoms with E-state index in [0.29, 0.717) is 23.3 Å². The molecule has 0 saturated carbocycles. The van der Waals surface area contributed by atoms with Crippen molar-refractivity contribution in [3.8, 4) is 0 Å². The first-order valence-electron chi connectivity index (χ1n) is 7.93. The number of rotatable bonds is 6. The number of aryl methyl sites for hydroxylation is 1. The second-order valence-electron chi connectivity index (χ2n) is 5.94. The average Bonchev–Trinajstić information content (AvgIpc) is 2.89. The molecule has 1 atom stereocenters. The maximum absolute atomic E-state index is 12.0. The van der Waals surface area contributed by atoms with Gasteiger partial charge in [-0.3, -0.25) is 4.79 Å². The first-order valence-corrected chi connectivity index (χ1v) is 8.68. The van der Waals surface area contributed by atoms with E-state index >= 15 is 0 Å². The van der Waals surface area contributed by atoms with Gasteiger partial charge in [-0.25, -0.2) is 0 Å². The van der Waals surface area contributed by atoms with Crippen molar-refractivity contribution in [2.75, 3.05) is 26.9 Å². The summed E-state index contributed by atoms with van der Waals surface area (Å²) in [6.07, 6.45) is 2.50. The minimum absolute atomic E-state index is 0.0525. The quantitative estimate of drug-likeness (QED) is 0.767. The number of carbonyl (C=O) groups excluding carboxylic acids is 1. The van der Waals surface area contributed by atoms with Gasteiger partial charge in [-0.1, -0.05) is 23.2 Å². The molecule has 1 aliphatic carbocycles. The van der Waals surface area contributed by atoms with Gasteiger partial charge in [0.2, 0.25) is 5.91 Å². The number of fused-ring (bicyclic) bond motifs is 3. The van der Waals surface area contributed by atoms with Gasteiger partial charge in [-0.15, -0.1) is 0 Å². The van der Waals surface area contributed by atoms with E-state index in [9.17, 15) is 4.79 Å². The zero-order valence-corrected chi connectivity index (χ0v) is 15.0. The number of halogens is 2. The molecule has 1 aromatic carbocycles. The standard InChI is InChI=1S/C17H20Cl2N2O3/c1-23-4-5-24-9-16(22)20-11-2-3-14-12(8-11)17-13(19)6-10(18)7-15(17)21-14/h6-7,11,21H,2-5,8-9H2,1H3,(H,20,22). The van der Waals surface area contributed by atoms with Crippen LogP contribution in [0.2, 0.25) is 10.0 Å². The number of H-pyrrole nitrogens is 1. The smallest absolute Gasteiger partial charge is 0.246 e. The Morgan fingerprint density at radius 1 is 1.38 bits per heavy atom. The Bertz CT molecular complexity index is 745. The number of carbonyl (C=O) groups is 1. The van der Waals surface area contributed by atoms with Gasteiger partial charge in [0, 0.05) is 34.8 Å². The van der Waals surface area contributed by atoms with Crippen LogP contribution in [0.4, 0.5) is 0 Å². The van der Waals surface area contributed by atoms with Gasteiger partial charge in [0.15, 0.2) is 0 Å². The Morgan fingerprint density at radius 3 is 3.00 bits per heavy atom. The number of nitrogens with one attached hydrogen (secondary N) is 2. The predicted molar refractivity (Wildman–Crippen MR) is 95.0 cm³/mol. The number of amides is 1. The number of benzene rings is 1. The van der Waals surface area contributed by atoms with E-state index in [2.05, 4.69) is 10.3 Å². The summed E-state index contributed by atoms with van der Waals surface area (Å²) >= 11 is 12.4. The van der Waals surface area contributed by atoms with Crippen LogP contribution in [0.15, 0.2) is 12.1 Å². The van der Waals surface area contributed by atoms with Crippen LogP contribution >= 0.6 is 23.2 Å². The van der Waals surface area contributed by atoms with Gasteiger partial charge >= 0.3 is 0 Å². The summed E-state index contributed by atoms with van der Waals surface area (Å²) in [5.41, 5.74) is 3.30. The molecule has 0 saturated heterocycles. The first kappa shape index (κ1) is 17.5. The van der Waals surface area contributed by atoms with Crippen molar-refractivity contribution < 1.29 is 14.3 Å². The second-order valence-corrected chi connectivity index (χ2v) is 6.79. The summed E-state index contributed by atoms with van der Waals surface area (Å²) in [4.78, 5) is 15.4. The van der Waals surface area contributed by atoms with Crippen molar-refractivity contribution in [2.24, 2.45) is 0 Å². The van der Waals surface area contributed by atoms with Gasteiger partial charge in [-0.05, 0) is 37.0 Å². The third kappa shape index (κ3) is 3.86. The van der Waals surface area contributed by atoms with Crippen molar-refractivity contribution in [1.29, 1.82) is 0 Å². The normalized spacial score (nSPS) is 17.0. The molecular weight excluding hydrogens is 351 g/mol. The summed E-state index contributed by atoms with van der Waals surface area (Å²) in [7, 11) is 1.60. The van der Waals surface area contributed by atoms with E-state index < -0.39 is 0 Å². The third-order valence-electron chi connectivity index (χ3n) is 4.23. The highest BCUT2D eigenvalue weighted by Crippen LogP contribution is 2.35. The molecule has 1 amide bonds. The Balaban J connectivity index is 1.67. The predicted octanol–water partition coefficient (Wildman–Crippen LogP) is 3.11. The van der Waals surface area contributed by atoms with Crippen molar-refractivity contribution in [2.45, 2.75) is 25.3 Å². The zero-order valence-electron chi connectivity index (χ0n) is 13.5. The van der Waals surface area contributed by atoms with E-state index in [1.165, 1.54) is 11.3 Å². The molecule has 7 heteroatoms. The molecule has 3 rings (SSSR count). The van der Waals surface area contributed by atoms with Gasteiger partial charge in [0.1, 0.15) is 6.61 Å². The van der Waals surface area contributed by atoms with Gasteiger partial charge in [0.25, 0.3) is 0 Å². The monoisotopic (exact) mass is 370 g/mol. The van der Waals surface area contributed by atoms with Crippen molar-refractivity contribution in [1.82, 2.24) is 10.3 Å². The van der Waals surface area contributed by atoms with E-state index in [1.807, 2.05) is 6.07 Å². The molecule has 0 aliphatic heterocycles. The van der Waals surface area contributed by atoms with Gasteiger partial charge in [0.05, 0.1) is 18.2 Å². The van der Waals surface area contributed by atoms with E-state index in [1.54, 1.807) is 13.2 Å². The van der Waals surface area contributed by atoms with E-state index in [-0.39, 0.29) is 18.6 Å². The van der Waals surface area contributed by atoms with Gasteiger partial charge in [-0.2, -0.15) is 0 Å². The van der Waals surface area contributed by atoms with Crippen LogP contribution in [0.1, 0.15) is 17.7 Å². The van der Waals surface area contributed by atoms with E-state index in [0.717, 1.165) is 30.2 Å². The zero-order chi connectivity index (χ0) is 17.1. The SMILES string of the molecule is COCCOCC(=O)NC1CCc2[nH]c3cc(Cl)cc(Cl)c3c2C1. The molecular formula is C17H20Cl2N2O3. The Morgan fingerprint density at radius 2 is 2.21 bits per heavy atom. The molecule has 0 radical (unpaired) electrons. The lowest BCUT2D eigenvalue weighted by molar-refractivity contribution is -0.126. The van der Waals surface area contributed by atoms with Crippen LogP contribution < -0.4 is 5.32 Å². The summed E-state index contributed by atoms with van der Waals surface area (Å²) in [6.45, 7) is 0.949. The lowest BCUT2D eigenvalue weighted by atomic mass is 9.91. The number of aromatic nitrogens is 1. The van der Waals surface area contributed by atoms with Crippen LogP contribution in [0, 0.1) is 0 Å². The maximum Gasteiger partial charge on any atom is 0.246 e. The Hall–Kier alpha value is -1.27. The fourth-order valence-corrected chi connectivity index (χ4v) is 3.78. The molecule has 2 aromatic rings. The summed E-state index contributed by atoms with van der Waals surface area (Å²) < 4.78 is 10.1. The van der Waals surface area contributed by atoms with E-state index in [4.69, 9.17) is 32.7 Å². The highest BCUT2D eigenvalue weighted by atomic mass is 35.5. The molecule has 0 spiro atoms. The molecule has 1 unspecified atom stereocenters. The van der Waals surface area contributed by atoms with Crippen LogP contribution in [-0.2, 0) is 27.1 Å². The molecule has 2 N–H and O–H groups in total. The highest BCUT2D eigenvalue weighted by molar-refractivity contribution is 6.38. The Labute approximate surface area is 150 Å². The molecule has 0 bridgehead atoms. The van der Waals surface area contributed by atoms with Crippen molar-refractivity contribution >= 4 is 40.0 Å². The second kappa shape index (κ2) is 7.74. The van der Waals surface area contributed by atoms with Crippen LogP contribution in [-0.4, -0.2) is 43.9 Å². The number of hydrogen-bond donors (Lipinski definition) is 2. The summed E-state index contributed by atoms with van der Waals surface area (Å²) in [5, 5.41) is 5.30. The minimum atomic E-state index is -0.103. The molecule has 5 nitrogen and oxygen atoms in total. The van der Waals surface area contributed by atoms with Crippen LogP contribution in [0.5, 0.6) is 0 Å². The average molecular weight is 371 g/mol. The minimum Gasteiger partial charge on any atom is -0.382 e. The molecule has 130 valence electrons. The van der Waals surface area contributed by atoms with Crippen molar-refractivity contribution in [3.63, 3.8) is 0 Å². The maximum atomic E-state index is 12.0. The lowest BCUT2D eigenvalue weighted by Crippen LogP contribution is -2.40.